The fraction of sp³-hybridized carbons (Fsp3) is 0.533. The third-order valence-electron chi connectivity index (χ3n) is 3.04. The molecule has 0 aliphatic carbocycles. The number of nitrogens with zero attached hydrogens (tertiary/aromatic N) is 2. The fourth-order valence-corrected chi connectivity index (χ4v) is 3.02. The molecule has 4 heteroatoms. The Hall–Kier alpha value is -1.29. The highest BCUT2D eigenvalue weighted by Crippen LogP contribution is 2.27. The van der Waals surface area contributed by atoms with E-state index in [1.807, 2.05) is 17.5 Å². The average molecular weight is 277 g/mol. The van der Waals surface area contributed by atoms with Crippen molar-refractivity contribution in [3.05, 3.63) is 34.8 Å². The van der Waals surface area contributed by atoms with E-state index in [1.54, 1.807) is 0 Å². The second kappa shape index (κ2) is 6.75. The van der Waals surface area contributed by atoms with Crippen LogP contribution < -0.4 is 5.32 Å². The van der Waals surface area contributed by atoms with Crippen molar-refractivity contribution in [1.29, 1.82) is 0 Å². The summed E-state index contributed by atoms with van der Waals surface area (Å²) in [6, 6.07) is 4.69. The molecule has 2 aromatic rings. The van der Waals surface area contributed by atoms with Gasteiger partial charge in [0.25, 0.3) is 0 Å². The van der Waals surface area contributed by atoms with Gasteiger partial charge in [-0.1, -0.05) is 33.3 Å². The van der Waals surface area contributed by atoms with Crippen LogP contribution in [0.5, 0.6) is 0 Å². The maximum atomic E-state index is 4.46. The van der Waals surface area contributed by atoms with Crippen LogP contribution in [0.1, 0.15) is 44.5 Å². The first kappa shape index (κ1) is 14.1. The van der Waals surface area contributed by atoms with E-state index in [1.165, 1.54) is 11.3 Å². The lowest BCUT2D eigenvalue weighted by Crippen LogP contribution is -2.15. The summed E-state index contributed by atoms with van der Waals surface area (Å²) in [5.41, 5.74) is 0. The third kappa shape index (κ3) is 3.83. The Morgan fingerprint density at radius 3 is 2.89 bits per heavy atom. The summed E-state index contributed by atoms with van der Waals surface area (Å²) < 4.78 is 2.21. The fourth-order valence-electron chi connectivity index (χ4n) is 2.21. The van der Waals surface area contributed by atoms with E-state index in [0.29, 0.717) is 12.0 Å². The summed E-state index contributed by atoms with van der Waals surface area (Å²) in [7, 11) is 0. The van der Waals surface area contributed by atoms with Crippen LogP contribution >= 0.6 is 11.3 Å². The maximum absolute atomic E-state index is 4.46. The van der Waals surface area contributed by atoms with E-state index in [-0.39, 0.29) is 0 Å². The van der Waals surface area contributed by atoms with E-state index >= 15 is 0 Å². The first-order valence-electron chi connectivity index (χ1n) is 7.01. The SMILES string of the molecule is CCCC(Nc1nccn1CC(C)C)c1cccs1. The molecule has 2 aromatic heterocycles. The molecule has 2 rings (SSSR count). The molecule has 0 aliphatic rings. The summed E-state index contributed by atoms with van der Waals surface area (Å²) in [5, 5.41) is 5.74. The Labute approximate surface area is 119 Å². The lowest BCUT2D eigenvalue weighted by atomic mass is 10.1. The molecule has 0 saturated heterocycles. The summed E-state index contributed by atoms with van der Waals surface area (Å²) in [6.45, 7) is 7.69. The number of anilines is 1. The Balaban J connectivity index is 2.11. The number of imidazole rings is 1. The van der Waals surface area contributed by atoms with Crippen molar-refractivity contribution in [3.8, 4) is 0 Å². The Kier molecular flexibility index (Phi) is 5.02. The van der Waals surface area contributed by atoms with Crippen molar-refractivity contribution < 1.29 is 0 Å². The van der Waals surface area contributed by atoms with Crippen LogP contribution in [0.2, 0.25) is 0 Å². The van der Waals surface area contributed by atoms with Crippen molar-refractivity contribution in [3.63, 3.8) is 0 Å². The van der Waals surface area contributed by atoms with Crippen LogP contribution in [-0.2, 0) is 6.54 Å². The average Bonchev–Trinajstić information content (AvgIpc) is 3.00. The summed E-state index contributed by atoms with van der Waals surface area (Å²) in [4.78, 5) is 5.85. The predicted molar refractivity (Wildman–Crippen MR) is 82.7 cm³/mol. The zero-order valence-corrected chi connectivity index (χ0v) is 12.8. The van der Waals surface area contributed by atoms with Gasteiger partial charge in [-0.3, -0.25) is 0 Å². The van der Waals surface area contributed by atoms with Crippen molar-refractivity contribution >= 4 is 17.3 Å². The molecule has 19 heavy (non-hydrogen) atoms. The van der Waals surface area contributed by atoms with E-state index < -0.39 is 0 Å². The molecular weight excluding hydrogens is 254 g/mol. The van der Waals surface area contributed by atoms with Gasteiger partial charge in [0.05, 0.1) is 6.04 Å². The predicted octanol–water partition coefficient (Wildman–Crippen LogP) is 4.55. The third-order valence-corrected chi connectivity index (χ3v) is 4.03. The zero-order valence-electron chi connectivity index (χ0n) is 12.0. The first-order chi connectivity index (χ1) is 9.20. The van der Waals surface area contributed by atoms with E-state index in [9.17, 15) is 0 Å². The summed E-state index contributed by atoms with van der Waals surface area (Å²) in [6.07, 6.45) is 6.23. The number of aromatic nitrogens is 2. The Bertz CT molecular complexity index is 473. The van der Waals surface area contributed by atoms with Crippen LogP contribution in [-0.4, -0.2) is 9.55 Å². The van der Waals surface area contributed by atoms with Gasteiger partial charge < -0.3 is 9.88 Å². The molecule has 1 unspecified atom stereocenters. The molecule has 0 saturated carbocycles. The van der Waals surface area contributed by atoms with Gasteiger partial charge in [0, 0.05) is 23.8 Å². The Morgan fingerprint density at radius 2 is 2.26 bits per heavy atom. The van der Waals surface area contributed by atoms with Crippen molar-refractivity contribution in [1.82, 2.24) is 9.55 Å². The second-order valence-corrected chi connectivity index (χ2v) is 6.28. The van der Waals surface area contributed by atoms with Crippen LogP contribution in [0.15, 0.2) is 29.9 Å². The maximum Gasteiger partial charge on any atom is 0.203 e. The molecule has 0 fully saturated rings. The number of thiophene rings is 1. The first-order valence-corrected chi connectivity index (χ1v) is 7.89. The monoisotopic (exact) mass is 277 g/mol. The van der Waals surface area contributed by atoms with Gasteiger partial charge in [-0.2, -0.15) is 0 Å². The van der Waals surface area contributed by atoms with Crippen LogP contribution in [0, 0.1) is 5.92 Å². The van der Waals surface area contributed by atoms with Gasteiger partial charge in [-0.15, -0.1) is 11.3 Å². The quantitative estimate of drug-likeness (QED) is 0.804. The molecule has 0 aliphatic heterocycles. The Morgan fingerprint density at radius 1 is 1.42 bits per heavy atom. The van der Waals surface area contributed by atoms with Crippen LogP contribution in [0.25, 0.3) is 0 Å². The topological polar surface area (TPSA) is 29.9 Å². The molecule has 0 radical (unpaired) electrons. The number of hydrogen-bond donors (Lipinski definition) is 1. The van der Waals surface area contributed by atoms with E-state index in [0.717, 1.165) is 18.9 Å². The second-order valence-electron chi connectivity index (χ2n) is 5.30. The molecule has 0 aromatic carbocycles. The molecular formula is C15H23N3S. The van der Waals surface area contributed by atoms with Gasteiger partial charge in [0.2, 0.25) is 5.95 Å². The highest BCUT2D eigenvalue weighted by molar-refractivity contribution is 7.10. The van der Waals surface area contributed by atoms with Crippen molar-refractivity contribution in [2.75, 3.05) is 5.32 Å². The number of rotatable bonds is 7. The number of hydrogen-bond acceptors (Lipinski definition) is 3. The van der Waals surface area contributed by atoms with E-state index in [2.05, 4.69) is 59.3 Å². The normalized spacial score (nSPS) is 12.8. The van der Waals surface area contributed by atoms with Gasteiger partial charge in [-0.25, -0.2) is 4.98 Å². The summed E-state index contributed by atoms with van der Waals surface area (Å²) in [5.74, 6) is 1.61. The summed E-state index contributed by atoms with van der Waals surface area (Å²) >= 11 is 1.81. The van der Waals surface area contributed by atoms with Gasteiger partial charge in [0.1, 0.15) is 0 Å². The number of nitrogens with one attached hydrogen (secondary N) is 1. The molecule has 0 amide bonds. The molecule has 2 heterocycles. The van der Waals surface area contributed by atoms with Crippen molar-refractivity contribution in [2.24, 2.45) is 5.92 Å². The van der Waals surface area contributed by atoms with Crippen molar-refractivity contribution in [2.45, 2.75) is 46.2 Å². The molecule has 0 bridgehead atoms. The molecule has 1 atom stereocenters. The minimum atomic E-state index is 0.373. The van der Waals surface area contributed by atoms with E-state index in [4.69, 9.17) is 0 Å². The molecule has 0 spiro atoms. The van der Waals surface area contributed by atoms with Crippen LogP contribution in [0.3, 0.4) is 0 Å². The minimum Gasteiger partial charge on any atom is -0.348 e. The van der Waals surface area contributed by atoms with Gasteiger partial charge in [-0.05, 0) is 23.8 Å². The van der Waals surface area contributed by atoms with Crippen LogP contribution in [0.4, 0.5) is 5.95 Å². The smallest absolute Gasteiger partial charge is 0.203 e. The highest BCUT2D eigenvalue weighted by Gasteiger charge is 2.14. The lowest BCUT2D eigenvalue weighted by Gasteiger charge is -2.19. The minimum absolute atomic E-state index is 0.373. The molecule has 104 valence electrons. The largest absolute Gasteiger partial charge is 0.348 e. The standard InChI is InChI=1S/C15H23N3S/c1-4-6-13(14-7-5-10-19-14)17-15-16-8-9-18(15)11-12(2)3/h5,7-10,12-13H,4,6,11H2,1-3H3,(H,16,17). The van der Waals surface area contributed by atoms with Gasteiger partial charge in [0.15, 0.2) is 0 Å². The molecule has 1 N–H and O–H groups in total. The zero-order chi connectivity index (χ0) is 13.7. The molecule has 3 nitrogen and oxygen atoms in total. The van der Waals surface area contributed by atoms with Gasteiger partial charge >= 0.3 is 0 Å². The lowest BCUT2D eigenvalue weighted by molar-refractivity contribution is 0.522. The highest BCUT2D eigenvalue weighted by atomic mass is 32.1.